The number of pyridine rings is 1. The Balaban J connectivity index is 2.14. The number of aromatic nitrogens is 1. The van der Waals surface area contributed by atoms with Gasteiger partial charge in [-0.25, -0.2) is 9.78 Å². The number of hydrogen-bond donors (Lipinski definition) is 2. The highest BCUT2D eigenvalue weighted by Gasteiger charge is 2.08. The van der Waals surface area contributed by atoms with Gasteiger partial charge in [-0.2, -0.15) is 0 Å². The number of hydrogen-bond acceptors (Lipinski definition) is 4. The van der Waals surface area contributed by atoms with E-state index in [4.69, 9.17) is 16.7 Å². The van der Waals surface area contributed by atoms with Crippen molar-refractivity contribution in [2.24, 2.45) is 0 Å². The molecule has 0 aliphatic carbocycles. The summed E-state index contributed by atoms with van der Waals surface area (Å²) in [6.07, 6.45) is 0. The Morgan fingerprint density at radius 2 is 2.33 bits per heavy atom. The second-order valence-electron chi connectivity index (χ2n) is 3.41. The fraction of sp³-hybridized carbons (Fsp3) is 0.0909. The van der Waals surface area contributed by atoms with Gasteiger partial charge in [0.25, 0.3) is 0 Å². The molecule has 0 fully saturated rings. The second-order valence-corrected chi connectivity index (χ2v) is 5.66. The van der Waals surface area contributed by atoms with Gasteiger partial charge in [-0.05, 0) is 39.5 Å². The maximum Gasteiger partial charge on any atom is 0.335 e. The van der Waals surface area contributed by atoms with Crippen molar-refractivity contribution in [3.05, 3.63) is 43.6 Å². The van der Waals surface area contributed by atoms with Crippen molar-refractivity contribution in [1.29, 1.82) is 0 Å². The van der Waals surface area contributed by atoms with Gasteiger partial charge in [0.05, 0.1) is 12.1 Å². The molecule has 0 bridgehead atoms. The van der Waals surface area contributed by atoms with E-state index in [1.54, 1.807) is 11.3 Å². The maximum atomic E-state index is 10.9. The van der Waals surface area contributed by atoms with Crippen LogP contribution in [-0.2, 0) is 6.54 Å². The third-order valence-electron chi connectivity index (χ3n) is 2.16. The predicted molar refractivity (Wildman–Crippen MR) is 75.6 cm³/mol. The normalized spacial score (nSPS) is 10.3. The lowest BCUT2D eigenvalue weighted by molar-refractivity contribution is 0.0697. The molecule has 0 radical (unpaired) electrons. The number of anilines is 1. The molecule has 2 N–H and O–H groups in total. The SMILES string of the molecule is O=C(O)c1cc(Cl)nc(NCc2sccc2Br)c1. The van der Waals surface area contributed by atoms with Crippen LogP contribution in [0.25, 0.3) is 0 Å². The van der Waals surface area contributed by atoms with E-state index >= 15 is 0 Å². The van der Waals surface area contributed by atoms with E-state index in [0.717, 1.165) is 9.35 Å². The summed E-state index contributed by atoms with van der Waals surface area (Å²) in [6.45, 7) is 0.560. The number of rotatable bonds is 4. The van der Waals surface area contributed by atoms with E-state index in [0.29, 0.717) is 12.4 Å². The zero-order valence-corrected chi connectivity index (χ0v) is 12.1. The van der Waals surface area contributed by atoms with Crippen LogP contribution in [0.4, 0.5) is 5.82 Å². The zero-order chi connectivity index (χ0) is 13.1. The van der Waals surface area contributed by atoms with E-state index in [1.165, 1.54) is 12.1 Å². The molecule has 0 spiro atoms. The van der Waals surface area contributed by atoms with Crippen LogP contribution in [-0.4, -0.2) is 16.1 Å². The summed E-state index contributed by atoms with van der Waals surface area (Å²) >= 11 is 10.8. The lowest BCUT2D eigenvalue weighted by atomic mass is 10.2. The molecule has 4 nitrogen and oxygen atoms in total. The first-order valence-corrected chi connectivity index (χ1v) is 6.98. The molecular formula is C11H8BrClN2O2S. The minimum absolute atomic E-state index is 0.114. The first-order chi connectivity index (χ1) is 8.56. The maximum absolute atomic E-state index is 10.9. The Hall–Kier alpha value is -1.11. The molecule has 7 heteroatoms. The molecule has 0 aromatic carbocycles. The van der Waals surface area contributed by atoms with E-state index in [-0.39, 0.29) is 10.7 Å². The highest BCUT2D eigenvalue weighted by atomic mass is 79.9. The minimum atomic E-state index is -1.03. The highest BCUT2D eigenvalue weighted by molar-refractivity contribution is 9.10. The summed E-state index contributed by atoms with van der Waals surface area (Å²) < 4.78 is 1.01. The largest absolute Gasteiger partial charge is 0.478 e. The molecule has 2 aromatic heterocycles. The lowest BCUT2D eigenvalue weighted by Crippen LogP contribution is -2.04. The van der Waals surface area contributed by atoms with Crippen molar-refractivity contribution in [3.63, 3.8) is 0 Å². The van der Waals surface area contributed by atoms with Gasteiger partial charge in [-0.1, -0.05) is 11.6 Å². The summed E-state index contributed by atoms with van der Waals surface area (Å²) in [6, 6.07) is 4.72. The van der Waals surface area contributed by atoms with Gasteiger partial charge in [-0.3, -0.25) is 0 Å². The first kappa shape index (κ1) is 13.3. The lowest BCUT2D eigenvalue weighted by Gasteiger charge is -2.06. The van der Waals surface area contributed by atoms with Crippen LogP contribution < -0.4 is 5.32 Å². The summed E-state index contributed by atoms with van der Waals surface area (Å²) in [5.41, 5.74) is 0.114. The van der Waals surface area contributed by atoms with E-state index in [9.17, 15) is 4.79 Å². The first-order valence-electron chi connectivity index (χ1n) is 4.93. The molecular weight excluding hydrogens is 340 g/mol. The fourth-order valence-electron chi connectivity index (χ4n) is 1.33. The van der Waals surface area contributed by atoms with Crippen LogP contribution in [0.3, 0.4) is 0 Å². The molecule has 2 heterocycles. The summed E-state index contributed by atoms with van der Waals surface area (Å²) in [5, 5.41) is 14.1. The van der Waals surface area contributed by atoms with Gasteiger partial charge in [0.15, 0.2) is 0 Å². The van der Waals surface area contributed by atoms with E-state index < -0.39 is 5.97 Å². The van der Waals surface area contributed by atoms with E-state index in [1.807, 2.05) is 11.4 Å². The van der Waals surface area contributed by atoms with Gasteiger partial charge in [0.1, 0.15) is 11.0 Å². The van der Waals surface area contributed by atoms with Crippen LogP contribution in [0, 0.1) is 0 Å². The molecule has 0 aliphatic heterocycles. The Bertz CT molecular complexity index is 588. The molecule has 0 saturated carbocycles. The number of carbonyl (C=O) groups is 1. The Kier molecular flexibility index (Phi) is 4.21. The third-order valence-corrected chi connectivity index (χ3v) is 4.28. The number of carboxylic acid groups (broad SMARTS) is 1. The van der Waals surface area contributed by atoms with Crippen molar-refractivity contribution in [1.82, 2.24) is 4.98 Å². The number of nitrogens with zero attached hydrogens (tertiary/aromatic N) is 1. The Morgan fingerprint density at radius 3 is 2.94 bits per heavy atom. The average molecular weight is 348 g/mol. The molecule has 0 amide bonds. The van der Waals surface area contributed by atoms with Crippen LogP contribution >= 0.6 is 38.9 Å². The number of aromatic carboxylic acids is 1. The molecule has 2 rings (SSSR count). The fourth-order valence-corrected chi connectivity index (χ4v) is 2.97. The number of thiophene rings is 1. The van der Waals surface area contributed by atoms with Gasteiger partial charge in [0.2, 0.25) is 0 Å². The molecule has 0 saturated heterocycles. The van der Waals surface area contributed by atoms with Gasteiger partial charge >= 0.3 is 5.97 Å². The molecule has 94 valence electrons. The summed E-state index contributed by atoms with van der Waals surface area (Å²) in [5.74, 6) is -0.583. The summed E-state index contributed by atoms with van der Waals surface area (Å²) in [7, 11) is 0. The van der Waals surface area contributed by atoms with Gasteiger partial charge in [0, 0.05) is 9.35 Å². The highest BCUT2D eigenvalue weighted by Crippen LogP contribution is 2.24. The second kappa shape index (κ2) is 5.69. The van der Waals surface area contributed by atoms with E-state index in [2.05, 4.69) is 26.2 Å². The van der Waals surface area contributed by atoms with Crippen molar-refractivity contribution in [2.75, 3.05) is 5.32 Å². The molecule has 0 atom stereocenters. The van der Waals surface area contributed by atoms with Crippen molar-refractivity contribution in [3.8, 4) is 0 Å². The molecule has 2 aromatic rings. The van der Waals surface area contributed by atoms with Crippen LogP contribution in [0.15, 0.2) is 28.1 Å². The third kappa shape index (κ3) is 3.22. The monoisotopic (exact) mass is 346 g/mol. The zero-order valence-electron chi connectivity index (χ0n) is 8.98. The standard InChI is InChI=1S/C11H8BrClN2O2S/c12-7-1-2-18-8(7)5-14-10-4-6(11(16)17)3-9(13)15-10/h1-4H,5H2,(H,14,15)(H,16,17). The Labute approximate surface area is 121 Å². The molecule has 0 aliphatic rings. The number of halogens is 2. The number of nitrogens with one attached hydrogen (secondary N) is 1. The van der Waals surface area contributed by atoms with Crippen LogP contribution in [0.1, 0.15) is 15.2 Å². The molecule has 0 unspecified atom stereocenters. The van der Waals surface area contributed by atoms with Crippen molar-refractivity contribution >= 4 is 50.7 Å². The van der Waals surface area contributed by atoms with Crippen molar-refractivity contribution in [2.45, 2.75) is 6.54 Å². The minimum Gasteiger partial charge on any atom is -0.478 e. The average Bonchev–Trinajstić information content (AvgIpc) is 2.71. The smallest absolute Gasteiger partial charge is 0.335 e. The van der Waals surface area contributed by atoms with Gasteiger partial charge in [-0.15, -0.1) is 11.3 Å². The van der Waals surface area contributed by atoms with Crippen molar-refractivity contribution < 1.29 is 9.90 Å². The number of carboxylic acids is 1. The van der Waals surface area contributed by atoms with Gasteiger partial charge < -0.3 is 10.4 Å². The predicted octanol–water partition coefficient (Wildman–Crippen LogP) is 3.87. The van der Waals surface area contributed by atoms with Crippen LogP contribution in [0.5, 0.6) is 0 Å². The molecule has 18 heavy (non-hydrogen) atoms. The quantitative estimate of drug-likeness (QED) is 0.824. The van der Waals surface area contributed by atoms with Crippen LogP contribution in [0.2, 0.25) is 5.15 Å². The summed E-state index contributed by atoms with van der Waals surface area (Å²) in [4.78, 5) is 16.0. The Morgan fingerprint density at radius 1 is 1.56 bits per heavy atom. The topological polar surface area (TPSA) is 62.2 Å².